The molecule has 1 nitrogen and oxygen atoms in total. The van der Waals surface area contributed by atoms with Gasteiger partial charge in [-0.05, 0) is 53.1 Å². The minimum atomic E-state index is 0.239. The molecule has 0 amide bonds. The largest absolute Gasteiger partial charge is 0.306 e. The van der Waals surface area contributed by atoms with Gasteiger partial charge in [0.25, 0.3) is 0 Å². The van der Waals surface area contributed by atoms with Crippen LogP contribution in [0.2, 0.25) is 0 Å². The van der Waals surface area contributed by atoms with E-state index in [2.05, 4.69) is 82.9 Å². The lowest BCUT2D eigenvalue weighted by Gasteiger charge is -2.21. The summed E-state index contributed by atoms with van der Waals surface area (Å²) in [5.41, 5.74) is 4.02. The predicted octanol–water partition coefficient (Wildman–Crippen LogP) is 5.67. The van der Waals surface area contributed by atoms with E-state index < -0.39 is 0 Å². The molecule has 0 aliphatic heterocycles. The highest BCUT2D eigenvalue weighted by Crippen LogP contribution is 2.35. The fraction of sp³-hybridized carbons (Fsp3) is 0.222. The number of hydrogen-bond acceptors (Lipinski definition) is 2. The molecule has 1 heterocycles. The normalized spacial score (nSPS) is 12.7. The van der Waals surface area contributed by atoms with Crippen molar-refractivity contribution in [2.24, 2.45) is 0 Å². The monoisotopic (exact) mass is 359 g/mol. The van der Waals surface area contributed by atoms with E-state index in [1.54, 1.807) is 0 Å². The molecule has 1 atom stereocenters. The van der Waals surface area contributed by atoms with Crippen molar-refractivity contribution in [1.29, 1.82) is 0 Å². The summed E-state index contributed by atoms with van der Waals surface area (Å²) in [6, 6.07) is 15.3. The summed E-state index contributed by atoms with van der Waals surface area (Å²) >= 11 is 5.47. The highest BCUT2D eigenvalue weighted by Gasteiger charge is 2.19. The van der Waals surface area contributed by atoms with E-state index in [0.29, 0.717) is 0 Å². The van der Waals surface area contributed by atoms with Gasteiger partial charge in [0.05, 0.1) is 6.04 Å². The van der Waals surface area contributed by atoms with Crippen molar-refractivity contribution < 1.29 is 0 Å². The molecule has 0 aliphatic rings. The molecular weight excluding hydrogens is 342 g/mol. The first-order valence-corrected chi connectivity index (χ1v) is 8.84. The molecule has 0 aliphatic carbocycles. The molecule has 3 rings (SSSR count). The summed E-state index contributed by atoms with van der Waals surface area (Å²) in [6.45, 7) is 5.29. The Kier molecular flexibility index (Phi) is 4.43. The van der Waals surface area contributed by atoms with E-state index in [-0.39, 0.29) is 6.04 Å². The molecule has 1 unspecified atom stereocenters. The maximum Gasteiger partial charge on any atom is 0.0594 e. The third-order valence-corrected chi connectivity index (χ3v) is 5.69. The Morgan fingerprint density at radius 1 is 1.10 bits per heavy atom. The molecule has 3 aromatic rings. The van der Waals surface area contributed by atoms with Crippen LogP contribution in [0.3, 0.4) is 0 Å². The number of benzene rings is 2. The van der Waals surface area contributed by atoms with Crippen LogP contribution < -0.4 is 5.32 Å². The Bertz CT molecular complexity index is 763. The van der Waals surface area contributed by atoms with Crippen LogP contribution in [-0.2, 0) is 0 Å². The van der Waals surface area contributed by atoms with Gasteiger partial charge in [0.2, 0.25) is 0 Å². The van der Waals surface area contributed by atoms with E-state index in [1.165, 1.54) is 31.2 Å². The molecule has 1 aromatic heterocycles. The van der Waals surface area contributed by atoms with Gasteiger partial charge >= 0.3 is 0 Å². The molecule has 3 heteroatoms. The van der Waals surface area contributed by atoms with E-state index in [0.717, 1.165) is 6.54 Å². The maximum atomic E-state index is 3.65. The van der Waals surface area contributed by atoms with E-state index >= 15 is 0 Å². The lowest BCUT2D eigenvalue weighted by molar-refractivity contribution is 0.632. The molecular formula is C18H18BrNS. The standard InChI is InChI=1S/C18H18BrNS/c1-3-20-18(13-8-6-9-16(19)12(13)2)15-11-21-17-10-5-4-7-14(15)17/h4-11,18,20H,3H2,1-2H3. The number of hydrogen-bond donors (Lipinski definition) is 1. The Balaban J connectivity index is 2.16. The molecule has 0 saturated heterocycles. The fourth-order valence-electron chi connectivity index (χ4n) is 2.75. The number of nitrogens with one attached hydrogen (secondary N) is 1. The summed E-state index contributed by atoms with van der Waals surface area (Å²) < 4.78 is 2.52. The van der Waals surface area contributed by atoms with Crippen LogP contribution in [0.5, 0.6) is 0 Å². The van der Waals surface area contributed by atoms with Gasteiger partial charge in [-0.2, -0.15) is 0 Å². The smallest absolute Gasteiger partial charge is 0.0594 e. The highest BCUT2D eigenvalue weighted by atomic mass is 79.9. The second-order valence-corrected chi connectivity index (χ2v) is 6.90. The van der Waals surface area contributed by atoms with Crippen molar-refractivity contribution >= 4 is 37.4 Å². The average Bonchev–Trinajstić information content (AvgIpc) is 2.92. The topological polar surface area (TPSA) is 12.0 Å². The highest BCUT2D eigenvalue weighted by molar-refractivity contribution is 9.10. The van der Waals surface area contributed by atoms with Gasteiger partial charge in [0, 0.05) is 9.17 Å². The second kappa shape index (κ2) is 6.30. The van der Waals surface area contributed by atoms with Crippen molar-refractivity contribution in [1.82, 2.24) is 5.32 Å². The van der Waals surface area contributed by atoms with Gasteiger partial charge in [-0.15, -0.1) is 11.3 Å². The van der Waals surface area contributed by atoms with Crippen LogP contribution in [0.15, 0.2) is 52.3 Å². The summed E-state index contributed by atoms with van der Waals surface area (Å²) in [4.78, 5) is 0. The van der Waals surface area contributed by atoms with Crippen molar-refractivity contribution in [3.8, 4) is 0 Å². The molecule has 0 radical (unpaired) electrons. The zero-order valence-corrected chi connectivity index (χ0v) is 14.6. The second-order valence-electron chi connectivity index (χ2n) is 5.13. The van der Waals surface area contributed by atoms with Crippen LogP contribution in [0, 0.1) is 6.92 Å². The van der Waals surface area contributed by atoms with Gasteiger partial charge in [-0.25, -0.2) is 0 Å². The van der Waals surface area contributed by atoms with Crippen molar-refractivity contribution in [3.63, 3.8) is 0 Å². The molecule has 1 N–H and O–H groups in total. The first-order valence-electron chi connectivity index (χ1n) is 7.17. The van der Waals surface area contributed by atoms with E-state index in [4.69, 9.17) is 0 Å². The van der Waals surface area contributed by atoms with Gasteiger partial charge < -0.3 is 5.32 Å². The summed E-state index contributed by atoms with van der Waals surface area (Å²) in [7, 11) is 0. The van der Waals surface area contributed by atoms with Crippen LogP contribution in [0.4, 0.5) is 0 Å². The van der Waals surface area contributed by atoms with Crippen molar-refractivity contribution in [2.45, 2.75) is 19.9 Å². The van der Waals surface area contributed by atoms with Crippen molar-refractivity contribution in [2.75, 3.05) is 6.54 Å². The minimum absolute atomic E-state index is 0.239. The summed E-state index contributed by atoms with van der Waals surface area (Å²) in [6.07, 6.45) is 0. The van der Waals surface area contributed by atoms with Crippen molar-refractivity contribution in [3.05, 3.63) is 69.0 Å². The maximum absolute atomic E-state index is 3.65. The van der Waals surface area contributed by atoms with Crippen LogP contribution in [0.1, 0.15) is 29.7 Å². The Hall–Kier alpha value is -1.16. The summed E-state index contributed by atoms with van der Waals surface area (Å²) in [5.74, 6) is 0. The van der Waals surface area contributed by atoms with Crippen LogP contribution >= 0.6 is 27.3 Å². The van der Waals surface area contributed by atoms with Gasteiger partial charge in [-0.1, -0.05) is 53.2 Å². The molecule has 0 spiro atoms. The quantitative estimate of drug-likeness (QED) is 0.632. The molecule has 108 valence electrons. The third kappa shape index (κ3) is 2.78. The lowest BCUT2D eigenvalue weighted by atomic mass is 9.94. The van der Waals surface area contributed by atoms with Crippen LogP contribution in [-0.4, -0.2) is 6.54 Å². The fourth-order valence-corrected chi connectivity index (χ4v) is 4.12. The number of rotatable bonds is 4. The summed E-state index contributed by atoms with van der Waals surface area (Å²) in [5, 5.41) is 7.29. The minimum Gasteiger partial charge on any atom is -0.306 e. The Morgan fingerprint density at radius 3 is 2.71 bits per heavy atom. The third-order valence-electron chi connectivity index (χ3n) is 3.85. The lowest BCUT2D eigenvalue weighted by Crippen LogP contribution is -2.22. The first-order chi connectivity index (χ1) is 10.2. The molecule has 0 bridgehead atoms. The van der Waals surface area contributed by atoms with E-state index in [1.807, 2.05) is 11.3 Å². The zero-order valence-electron chi connectivity index (χ0n) is 12.2. The number of thiophene rings is 1. The zero-order chi connectivity index (χ0) is 14.8. The van der Waals surface area contributed by atoms with Crippen LogP contribution in [0.25, 0.3) is 10.1 Å². The molecule has 21 heavy (non-hydrogen) atoms. The van der Waals surface area contributed by atoms with Gasteiger partial charge in [0.1, 0.15) is 0 Å². The SMILES string of the molecule is CCNC(c1cccc(Br)c1C)c1csc2ccccc12. The van der Waals surface area contributed by atoms with Gasteiger partial charge in [-0.3, -0.25) is 0 Å². The van der Waals surface area contributed by atoms with E-state index in [9.17, 15) is 0 Å². The number of halogens is 1. The molecule has 0 saturated carbocycles. The Labute approximate surface area is 138 Å². The molecule has 0 fully saturated rings. The number of fused-ring (bicyclic) bond motifs is 1. The Morgan fingerprint density at radius 2 is 1.90 bits per heavy atom. The first kappa shape index (κ1) is 14.8. The van der Waals surface area contributed by atoms with Gasteiger partial charge in [0.15, 0.2) is 0 Å². The predicted molar refractivity (Wildman–Crippen MR) is 96.2 cm³/mol. The molecule has 2 aromatic carbocycles. The average molecular weight is 360 g/mol.